The first-order valence-corrected chi connectivity index (χ1v) is 7.16. The SMILES string of the molecule is CCOc1ccc(OCCCCC(C)(C)C(=N)N)cc1. The van der Waals surface area contributed by atoms with E-state index >= 15 is 0 Å². The van der Waals surface area contributed by atoms with Crippen LogP contribution >= 0.6 is 0 Å². The van der Waals surface area contributed by atoms with Crippen LogP contribution in [0.5, 0.6) is 11.5 Å². The number of hydrogen-bond acceptors (Lipinski definition) is 3. The van der Waals surface area contributed by atoms with Crippen molar-refractivity contribution in [3.63, 3.8) is 0 Å². The van der Waals surface area contributed by atoms with Crippen molar-refractivity contribution in [3.05, 3.63) is 24.3 Å². The van der Waals surface area contributed by atoms with Crippen LogP contribution in [0.25, 0.3) is 0 Å². The standard InChI is InChI=1S/C16H26N2O2/c1-4-19-13-7-9-14(10-8-13)20-12-6-5-11-16(2,3)15(17)18/h7-10H,4-6,11-12H2,1-3H3,(H3,17,18). The lowest BCUT2D eigenvalue weighted by Crippen LogP contribution is -2.30. The van der Waals surface area contributed by atoms with Crippen molar-refractivity contribution in [2.45, 2.75) is 40.0 Å². The molecule has 0 aliphatic rings. The van der Waals surface area contributed by atoms with Gasteiger partial charge in [-0.25, -0.2) is 0 Å². The Morgan fingerprint density at radius 3 is 2.15 bits per heavy atom. The lowest BCUT2D eigenvalue weighted by molar-refractivity contribution is 0.295. The number of ether oxygens (including phenoxy) is 2. The molecule has 0 saturated carbocycles. The minimum absolute atomic E-state index is 0.209. The molecule has 4 heteroatoms. The van der Waals surface area contributed by atoms with Gasteiger partial charge in [-0.15, -0.1) is 0 Å². The summed E-state index contributed by atoms with van der Waals surface area (Å²) < 4.78 is 11.1. The second kappa shape index (κ2) is 7.78. The quantitative estimate of drug-likeness (QED) is 0.412. The number of nitrogens with one attached hydrogen (secondary N) is 1. The topological polar surface area (TPSA) is 68.3 Å². The van der Waals surface area contributed by atoms with Crippen molar-refractivity contribution in [2.24, 2.45) is 11.1 Å². The van der Waals surface area contributed by atoms with Crippen molar-refractivity contribution in [1.29, 1.82) is 5.41 Å². The van der Waals surface area contributed by atoms with E-state index in [2.05, 4.69) is 0 Å². The Hall–Kier alpha value is -1.71. The highest BCUT2D eigenvalue weighted by Crippen LogP contribution is 2.23. The highest BCUT2D eigenvalue weighted by atomic mass is 16.5. The first-order valence-electron chi connectivity index (χ1n) is 7.16. The molecular weight excluding hydrogens is 252 g/mol. The Labute approximate surface area is 121 Å². The van der Waals surface area contributed by atoms with Crippen molar-refractivity contribution in [3.8, 4) is 11.5 Å². The van der Waals surface area contributed by atoms with Crippen molar-refractivity contribution in [1.82, 2.24) is 0 Å². The Balaban J connectivity index is 2.23. The molecule has 0 fully saturated rings. The third-order valence-corrected chi connectivity index (χ3v) is 3.33. The van der Waals surface area contributed by atoms with Crippen LogP contribution in [-0.4, -0.2) is 19.0 Å². The van der Waals surface area contributed by atoms with Gasteiger partial charge in [-0.2, -0.15) is 0 Å². The van der Waals surface area contributed by atoms with Gasteiger partial charge >= 0.3 is 0 Å². The fourth-order valence-electron chi connectivity index (χ4n) is 1.79. The van der Waals surface area contributed by atoms with Crippen LogP contribution in [0, 0.1) is 10.8 Å². The Morgan fingerprint density at radius 2 is 1.65 bits per heavy atom. The third kappa shape index (κ3) is 5.51. The fraction of sp³-hybridized carbons (Fsp3) is 0.562. The lowest BCUT2D eigenvalue weighted by Gasteiger charge is -2.22. The monoisotopic (exact) mass is 278 g/mol. The minimum Gasteiger partial charge on any atom is -0.494 e. The van der Waals surface area contributed by atoms with E-state index in [0.717, 1.165) is 30.8 Å². The highest BCUT2D eigenvalue weighted by Gasteiger charge is 2.20. The lowest BCUT2D eigenvalue weighted by atomic mass is 9.86. The molecular formula is C16H26N2O2. The van der Waals surface area contributed by atoms with Gasteiger partial charge in [0.15, 0.2) is 0 Å². The van der Waals surface area contributed by atoms with Crippen LogP contribution in [0.1, 0.15) is 40.0 Å². The van der Waals surface area contributed by atoms with Gasteiger partial charge in [-0.1, -0.05) is 13.8 Å². The van der Waals surface area contributed by atoms with Gasteiger partial charge in [-0.05, 0) is 50.5 Å². The summed E-state index contributed by atoms with van der Waals surface area (Å²) >= 11 is 0. The van der Waals surface area contributed by atoms with Crippen LogP contribution in [-0.2, 0) is 0 Å². The maximum Gasteiger partial charge on any atom is 0.119 e. The van der Waals surface area contributed by atoms with Gasteiger partial charge < -0.3 is 15.2 Å². The third-order valence-electron chi connectivity index (χ3n) is 3.33. The molecule has 1 aromatic carbocycles. The van der Waals surface area contributed by atoms with Crippen LogP contribution in [0.4, 0.5) is 0 Å². The van der Waals surface area contributed by atoms with E-state index in [1.54, 1.807) is 0 Å². The van der Waals surface area contributed by atoms with Crippen LogP contribution in [0.3, 0.4) is 0 Å². The summed E-state index contributed by atoms with van der Waals surface area (Å²) in [5.74, 6) is 1.98. The molecule has 0 aromatic heterocycles. The summed E-state index contributed by atoms with van der Waals surface area (Å²) in [7, 11) is 0. The van der Waals surface area contributed by atoms with Crippen molar-refractivity contribution < 1.29 is 9.47 Å². The van der Waals surface area contributed by atoms with Crippen LogP contribution < -0.4 is 15.2 Å². The maximum atomic E-state index is 7.50. The molecule has 0 spiro atoms. The number of benzene rings is 1. The fourth-order valence-corrected chi connectivity index (χ4v) is 1.79. The molecule has 3 N–H and O–H groups in total. The number of hydrogen-bond donors (Lipinski definition) is 2. The average molecular weight is 278 g/mol. The Bertz CT molecular complexity index is 413. The average Bonchev–Trinajstić information content (AvgIpc) is 2.40. The Morgan fingerprint density at radius 1 is 1.10 bits per heavy atom. The molecule has 0 saturated heterocycles. The van der Waals surface area contributed by atoms with E-state index in [0.29, 0.717) is 13.2 Å². The van der Waals surface area contributed by atoms with Crippen LogP contribution in [0.15, 0.2) is 24.3 Å². The number of unbranched alkanes of at least 4 members (excludes halogenated alkanes) is 1. The molecule has 0 aliphatic heterocycles. The van der Waals surface area contributed by atoms with Gasteiger partial charge in [0.25, 0.3) is 0 Å². The normalized spacial score (nSPS) is 11.2. The van der Waals surface area contributed by atoms with Gasteiger partial charge in [0.2, 0.25) is 0 Å². The maximum absolute atomic E-state index is 7.50. The molecule has 112 valence electrons. The summed E-state index contributed by atoms with van der Waals surface area (Å²) in [6.07, 6.45) is 2.88. The number of rotatable bonds is 9. The summed E-state index contributed by atoms with van der Waals surface area (Å²) in [4.78, 5) is 0. The van der Waals surface area contributed by atoms with Crippen molar-refractivity contribution >= 4 is 5.84 Å². The van der Waals surface area contributed by atoms with E-state index in [1.807, 2.05) is 45.0 Å². The van der Waals surface area contributed by atoms with E-state index in [1.165, 1.54) is 0 Å². The van der Waals surface area contributed by atoms with E-state index in [4.69, 9.17) is 20.6 Å². The zero-order chi connectivity index (χ0) is 15.0. The van der Waals surface area contributed by atoms with Gasteiger partial charge in [0.05, 0.1) is 19.0 Å². The number of nitrogens with two attached hydrogens (primary N) is 1. The highest BCUT2D eigenvalue weighted by molar-refractivity contribution is 5.82. The predicted octanol–water partition coefficient (Wildman–Crippen LogP) is 3.60. The zero-order valence-corrected chi connectivity index (χ0v) is 12.7. The zero-order valence-electron chi connectivity index (χ0n) is 12.7. The predicted molar refractivity (Wildman–Crippen MR) is 82.7 cm³/mol. The second-order valence-corrected chi connectivity index (χ2v) is 5.51. The summed E-state index contributed by atoms with van der Waals surface area (Å²) in [6.45, 7) is 7.33. The first-order chi connectivity index (χ1) is 9.45. The second-order valence-electron chi connectivity index (χ2n) is 5.51. The van der Waals surface area contributed by atoms with E-state index in [9.17, 15) is 0 Å². The van der Waals surface area contributed by atoms with E-state index in [-0.39, 0.29) is 11.3 Å². The van der Waals surface area contributed by atoms with Crippen molar-refractivity contribution in [2.75, 3.05) is 13.2 Å². The molecule has 0 heterocycles. The first kappa shape index (κ1) is 16.3. The summed E-state index contributed by atoms with van der Waals surface area (Å²) in [5, 5.41) is 7.50. The molecule has 1 aromatic rings. The van der Waals surface area contributed by atoms with Crippen LogP contribution in [0.2, 0.25) is 0 Å². The van der Waals surface area contributed by atoms with Gasteiger partial charge in [0.1, 0.15) is 11.5 Å². The number of amidine groups is 1. The molecule has 0 radical (unpaired) electrons. The van der Waals surface area contributed by atoms with E-state index < -0.39 is 0 Å². The molecule has 0 amide bonds. The molecule has 0 atom stereocenters. The largest absolute Gasteiger partial charge is 0.494 e. The molecule has 0 unspecified atom stereocenters. The molecule has 1 rings (SSSR count). The molecule has 20 heavy (non-hydrogen) atoms. The molecule has 4 nitrogen and oxygen atoms in total. The van der Waals surface area contributed by atoms with Gasteiger partial charge in [-0.3, -0.25) is 5.41 Å². The molecule has 0 bridgehead atoms. The summed E-state index contributed by atoms with van der Waals surface area (Å²) in [5.41, 5.74) is 5.35. The smallest absolute Gasteiger partial charge is 0.119 e. The van der Waals surface area contributed by atoms with Gasteiger partial charge in [0, 0.05) is 5.41 Å². The minimum atomic E-state index is -0.209. The Kier molecular flexibility index (Phi) is 6.36. The molecule has 0 aliphatic carbocycles. The summed E-state index contributed by atoms with van der Waals surface area (Å²) in [6, 6.07) is 7.67.